The van der Waals surface area contributed by atoms with E-state index in [0.717, 1.165) is 16.8 Å². The molecule has 4 nitrogen and oxygen atoms in total. The number of hydrogen-bond acceptors (Lipinski definition) is 2. The lowest BCUT2D eigenvalue weighted by molar-refractivity contribution is -0.136. The van der Waals surface area contributed by atoms with Gasteiger partial charge >= 0.3 is 5.97 Å². The minimum atomic E-state index is -0.835. The van der Waals surface area contributed by atoms with E-state index in [1.165, 1.54) is 0 Å². The van der Waals surface area contributed by atoms with Crippen LogP contribution < -0.4 is 0 Å². The van der Waals surface area contributed by atoms with Gasteiger partial charge in [0.2, 0.25) is 0 Å². The van der Waals surface area contributed by atoms with Crippen molar-refractivity contribution in [2.24, 2.45) is 0 Å². The molecule has 0 aliphatic heterocycles. The van der Waals surface area contributed by atoms with E-state index in [4.69, 9.17) is 16.7 Å². The second kappa shape index (κ2) is 5.23. The summed E-state index contributed by atoms with van der Waals surface area (Å²) in [5.74, 6) is -0.835. The Balaban J connectivity index is 2.28. The molecule has 0 saturated heterocycles. The minimum Gasteiger partial charge on any atom is -0.481 e. The largest absolute Gasteiger partial charge is 0.481 e. The number of halogens is 1. The van der Waals surface area contributed by atoms with Gasteiger partial charge in [-0.1, -0.05) is 35.9 Å². The van der Waals surface area contributed by atoms with E-state index in [0.29, 0.717) is 11.6 Å². The highest BCUT2D eigenvalue weighted by molar-refractivity contribution is 6.31. The molecule has 0 unspecified atom stereocenters. The van der Waals surface area contributed by atoms with Gasteiger partial charge in [-0.25, -0.2) is 0 Å². The maximum atomic E-state index is 10.8. The average molecular weight is 265 g/mol. The summed E-state index contributed by atoms with van der Waals surface area (Å²) in [7, 11) is 0. The van der Waals surface area contributed by atoms with Gasteiger partial charge in [-0.15, -0.1) is 0 Å². The van der Waals surface area contributed by atoms with Crippen LogP contribution >= 0.6 is 11.6 Å². The average Bonchev–Trinajstić information content (AvgIpc) is 2.63. The molecule has 1 N–H and O–H groups in total. The van der Waals surface area contributed by atoms with Crippen molar-refractivity contribution >= 4 is 17.6 Å². The molecular formula is C13H13ClN2O2. The molecule has 94 valence electrons. The molecule has 1 aromatic heterocycles. The maximum Gasteiger partial charge on any atom is 0.307 e. The van der Waals surface area contributed by atoms with Gasteiger partial charge in [0, 0.05) is 0 Å². The van der Waals surface area contributed by atoms with Crippen LogP contribution in [-0.2, 0) is 17.8 Å². The fourth-order valence-electron chi connectivity index (χ4n) is 1.79. The van der Waals surface area contributed by atoms with Crippen LogP contribution in [0.4, 0.5) is 0 Å². The van der Waals surface area contributed by atoms with Gasteiger partial charge in [0.15, 0.2) is 0 Å². The van der Waals surface area contributed by atoms with Crippen LogP contribution in [0, 0.1) is 6.92 Å². The SMILES string of the molecule is Cc1c(Cl)cnn1Cc1ccccc1CC(=O)O. The lowest BCUT2D eigenvalue weighted by Gasteiger charge is -2.09. The Morgan fingerprint density at radius 1 is 1.39 bits per heavy atom. The summed E-state index contributed by atoms with van der Waals surface area (Å²) in [5.41, 5.74) is 2.63. The Bertz CT molecular complexity index is 578. The number of hydrogen-bond donors (Lipinski definition) is 1. The van der Waals surface area contributed by atoms with Crippen molar-refractivity contribution in [3.63, 3.8) is 0 Å². The first-order chi connectivity index (χ1) is 8.58. The van der Waals surface area contributed by atoms with Crippen LogP contribution in [0.15, 0.2) is 30.5 Å². The molecule has 0 aliphatic carbocycles. The Hall–Kier alpha value is -1.81. The maximum absolute atomic E-state index is 10.8. The van der Waals surface area contributed by atoms with E-state index >= 15 is 0 Å². The highest BCUT2D eigenvalue weighted by Crippen LogP contribution is 2.17. The molecule has 2 aromatic rings. The molecule has 5 heteroatoms. The lowest BCUT2D eigenvalue weighted by Crippen LogP contribution is -2.09. The van der Waals surface area contributed by atoms with Crippen LogP contribution in [0.5, 0.6) is 0 Å². The molecule has 2 rings (SSSR count). The zero-order chi connectivity index (χ0) is 13.1. The normalized spacial score (nSPS) is 10.6. The number of carbonyl (C=O) groups is 1. The second-order valence-electron chi connectivity index (χ2n) is 4.07. The number of aromatic nitrogens is 2. The summed E-state index contributed by atoms with van der Waals surface area (Å²) in [6, 6.07) is 7.46. The first-order valence-electron chi connectivity index (χ1n) is 5.54. The molecule has 18 heavy (non-hydrogen) atoms. The fourth-order valence-corrected chi connectivity index (χ4v) is 1.93. The summed E-state index contributed by atoms with van der Waals surface area (Å²) in [6.07, 6.45) is 1.61. The first kappa shape index (κ1) is 12.6. The molecule has 0 aliphatic rings. The van der Waals surface area contributed by atoms with Crippen molar-refractivity contribution in [1.29, 1.82) is 0 Å². The highest BCUT2D eigenvalue weighted by Gasteiger charge is 2.09. The van der Waals surface area contributed by atoms with E-state index in [1.807, 2.05) is 31.2 Å². The molecule has 1 heterocycles. The number of carboxylic acids is 1. The standard InChI is InChI=1S/C13H13ClN2O2/c1-9-12(14)7-15-16(9)8-11-5-3-2-4-10(11)6-13(17)18/h2-5,7H,6,8H2,1H3,(H,17,18). The van der Waals surface area contributed by atoms with Crippen molar-refractivity contribution < 1.29 is 9.90 Å². The van der Waals surface area contributed by atoms with Crippen LogP contribution in [-0.4, -0.2) is 20.9 Å². The van der Waals surface area contributed by atoms with Gasteiger partial charge in [0.25, 0.3) is 0 Å². The third-order valence-corrected chi connectivity index (χ3v) is 3.19. The summed E-state index contributed by atoms with van der Waals surface area (Å²) >= 11 is 5.94. The number of aliphatic carboxylic acids is 1. The number of rotatable bonds is 4. The molecule has 0 amide bonds. The van der Waals surface area contributed by atoms with Crippen molar-refractivity contribution in [3.05, 3.63) is 52.3 Å². The molecule has 0 saturated carbocycles. The Morgan fingerprint density at radius 2 is 2.06 bits per heavy atom. The zero-order valence-corrected chi connectivity index (χ0v) is 10.7. The van der Waals surface area contributed by atoms with Crippen molar-refractivity contribution in [2.45, 2.75) is 19.9 Å². The van der Waals surface area contributed by atoms with E-state index in [9.17, 15) is 4.79 Å². The van der Waals surface area contributed by atoms with Crippen molar-refractivity contribution in [2.75, 3.05) is 0 Å². The fraction of sp³-hybridized carbons (Fsp3) is 0.231. The van der Waals surface area contributed by atoms with E-state index in [2.05, 4.69) is 5.10 Å². The van der Waals surface area contributed by atoms with Crippen LogP contribution in [0.2, 0.25) is 5.02 Å². The van der Waals surface area contributed by atoms with E-state index < -0.39 is 5.97 Å². The summed E-state index contributed by atoms with van der Waals surface area (Å²) in [5, 5.41) is 13.7. The lowest BCUT2D eigenvalue weighted by atomic mass is 10.0. The second-order valence-corrected chi connectivity index (χ2v) is 4.48. The van der Waals surface area contributed by atoms with Crippen molar-refractivity contribution in [1.82, 2.24) is 9.78 Å². The molecular weight excluding hydrogens is 252 g/mol. The summed E-state index contributed by atoms with van der Waals surface area (Å²) < 4.78 is 1.77. The van der Waals surface area contributed by atoms with Gasteiger partial charge < -0.3 is 5.11 Å². The van der Waals surface area contributed by atoms with Gasteiger partial charge in [-0.2, -0.15) is 5.10 Å². The van der Waals surface area contributed by atoms with E-state index in [-0.39, 0.29) is 6.42 Å². The predicted octanol–water partition coefficient (Wildman–Crippen LogP) is 2.52. The third kappa shape index (κ3) is 2.71. The van der Waals surface area contributed by atoms with Gasteiger partial charge in [-0.05, 0) is 18.1 Å². The predicted molar refractivity (Wildman–Crippen MR) is 68.9 cm³/mol. The van der Waals surface area contributed by atoms with Gasteiger partial charge in [0.05, 0.1) is 29.9 Å². The molecule has 0 spiro atoms. The van der Waals surface area contributed by atoms with Gasteiger partial charge in [0.1, 0.15) is 0 Å². The third-order valence-electron chi connectivity index (χ3n) is 2.82. The topological polar surface area (TPSA) is 55.1 Å². The van der Waals surface area contributed by atoms with Crippen LogP contribution in [0.1, 0.15) is 16.8 Å². The summed E-state index contributed by atoms with van der Waals surface area (Å²) in [6.45, 7) is 2.41. The molecule has 0 atom stereocenters. The smallest absolute Gasteiger partial charge is 0.307 e. The number of carboxylic acid groups (broad SMARTS) is 1. The Labute approximate surface area is 110 Å². The zero-order valence-electron chi connectivity index (χ0n) is 9.93. The number of benzene rings is 1. The summed E-state index contributed by atoms with van der Waals surface area (Å²) in [4.78, 5) is 10.8. The Morgan fingerprint density at radius 3 is 2.61 bits per heavy atom. The highest BCUT2D eigenvalue weighted by atomic mass is 35.5. The Kier molecular flexibility index (Phi) is 3.67. The molecule has 1 aromatic carbocycles. The van der Waals surface area contributed by atoms with Gasteiger partial charge in [-0.3, -0.25) is 9.48 Å². The first-order valence-corrected chi connectivity index (χ1v) is 5.92. The van der Waals surface area contributed by atoms with Crippen LogP contribution in [0.3, 0.4) is 0 Å². The molecule has 0 fully saturated rings. The van der Waals surface area contributed by atoms with Crippen molar-refractivity contribution in [3.8, 4) is 0 Å². The monoisotopic (exact) mass is 264 g/mol. The number of nitrogens with zero attached hydrogens (tertiary/aromatic N) is 2. The quantitative estimate of drug-likeness (QED) is 0.923. The van der Waals surface area contributed by atoms with E-state index in [1.54, 1.807) is 10.9 Å². The molecule has 0 radical (unpaired) electrons. The molecule has 0 bridgehead atoms. The van der Waals surface area contributed by atoms with Crippen LogP contribution in [0.25, 0.3) is 0 Å². The minimum absolute atomic E-state index is 0.0181.